The Bertz CT molecular complexity index is 1160. The largest absolute Gasteiger partial charge is 0.485 e. The summed E-state index contributed by atoms with van der Waals surface area (Å²) in [5.74, 6) is 0.938. The van der Waals surface area contributed by atoms with Gasteiger partial charge in [0.2, 0.25) is 0 Å². The van der Waals surface area contributed by atoms with Gasteiger partial charge in [-0.1, -0.05) is 12.1 Å². The molecule has 0 fully saturated rings. The van der Waals surface area contributed by atoms with Gasteiger partial charge in [0, 0.05) is 18.3 Å². The minimum atomic E-state index is -0.798. The zero-order valence-corrected chi connectivity index (χ0v) is 14.9. The SMILES string of the molecule is Cc1cc(C2COc3ccccc3O2)oc(=O)c1C(=O)Nc1cc(=O)cc[nH]1. The second kappa shape index (κ2) is 7.07. The molecule has 142 valence electrons. The first kappa shape index (κ1) is 17.6. The second-order valence-corrected chi connectivity index (χ2v) is 6.25. The number of carbonyl (C=O) groups is 1. The van der Waals surface area contributed by atoms with Gasteiger partial charge in [-0.15, -0.1) is 0 Å². The zero-order chi connectivity index (χ0) is 19.7. The molecule has 2 aromatic heterocycles. The van der Waals surface area contributed by atoms with Crippen molar-refractivity contribution in [1.82, 2.24) is 4.98 Å². The number of H-pyrrole nitrogens is 1. The van der Waals surface area contributed by atoms with E-state index in [0.29, 0.717) is 17.1 Å². The molecule has 4 rings (SSSR count). The highest BCUT2D eigenvalue weighted by molar-refractivity contribution is 6.04. The molecule has 1 amide bonds. The molecule has 8 nitrogen and oxygen atoms in total. The van der Waals surface area contributed by atoms with Crippen LogP contribution in [0.1, 0.15) is 27.8 Å². The van der Waals surface area contributed by atoms with E-state index in [1.165, 1.54) is 18.3 Å². The lowest BCUT2D eigenvalue weighted by Gasteiger charge is -2.25. The maximum Gasteiger partial charge on any atom is 0.349 e. The Kier molecular flexibility index (Phi) is 4.44. The van der Waals surface area contributed by atoms with E-state index in [4.69, 9.17) is 13.9 Å². The first-order valence-electron chi connectivity index (χ1n) is 8.54. The number of ether oxygens (including phenoxy) is 2. The van der Waals surface area contributed by atoms with Gasteiger partial charge >= 0.3 is 5.63 Å². The Morgan fingerprint density at radius 2 is 1.93 bits per heavy atom. The topological polar surface area (TPSA) is 111 Å². The predicted molar refractivity (Wildman–Crippen MR) is 100 cm³/mol. The molecule has 3 aromatic rings. The van der Waals surface area contributed by atoms with E-state index in [0.717, 1.165) is 0 Å². The highest BCUT2D eigenvalue weighted by atomic mass is 16.6. The van der Waals surface area contributed by atoms with Gasteiger partial charge < -0.3 is 24.2 Å². The molecular formula is C20H16N2O6. The molecule has 2 N–H and O–H groups in total. The molecule has 1 aromatic carbocycles. The Morgan fingerprint density at radius 1 is 1.14 bits per heavy atom. The summed E-state index contributed by atoms with van der Waals surface area (Å²) in [6, 6.07) is 11.3. The van der Waals surface area contributed by atoms with Crippen molar-refractivity contribution in [1.29, 1.82) is 0 Å². The van der Waals surface area contributed by atoms with Crippen LogP contribution in [0.3, 0.4) is 0 Å². The predicted octanol–water partition coefficient (Wildman–Crippen LogP) is 2.40. The summed E-state index contributed by atoms with van der Waals surface area (Å²) in [6.45, 7) is 1.80. The number of aryl methyl sites for hydroxylation is 1. The Hall–Kier alpha value is -3.81. The standard InChI is InChI=1S/C20H16N2O6/c1-11-8-15(16-10-26-13-4-2-3-5-14(13)27-16)28-20(25)18(11)19(24)22-17-9-12(23)6-7-21-17/h2-9,16H,10H2,1H3,(H2,21,22,23,24). The van der Waals surface area contributed by atoms with Crippen LogP contribution in [0.2, 0.25) is 0 Å². The van der Waals surface area contributed by atoms with E-state index in [1.54, 1.807) is 25.1 Å². The number of rotatable bonds is 3. The summed E-state index contributed by atoms with van der Waals surface area (Å²) in [5, 5.41) is 2.48. The molecule has 0 radical (unpaired) electrons. The second-order valence-electron chi connectivity index (χ2n) is 6.25. The van der Waals surface area contributed by atoms with Gasteiger partial charge in [-0.3, -0.25) is 9.59 Å². The normalized spacial score (nSPS) is 15.1. The highest BCUT2D eigenvalue weighted by Crippen LogP contribution is 2.35. The van der Waals surface area contributed by atoms with Gasteiger partial charge in [-0.25, -0.2) is 4.79 Å². The lowest BCUT2D eigenvalue weighted by Crippen LogP contribution is -2.27. The van der Waals surface area contributed by atoms with Crippen LogP contribution in [-0.2, 0) is 0 Å². The van der Waals surface area contributed by atoms with Crippen LogP contribution < -0.4 is 25.8 Å². The molecule has 0 bridgehead atoms. The minimum absolute atomic E-state index is 0.148. The third-order valence-corrected chi connectivity index (χ3v) is 4.24. The van der Waals surface area contributed by atoms with Crippen LogP contribution in [-0.4, -0.2) is 17.5 Å². The molecule has 28 heavy (non-hydrogen) atoms. The monoisotopic (exact) mass is 380 g/mol. The summed E-state index contributed by atoms with van der Waals surface area (Å²) in [4.78, 5) is 39.0. The van der Waals surface area contributed by atoms with Crippen LogP contribution in [0.15, 0.2) is 62.7 Å². The number of hydrogen-bond acceptors (Lipinski definition) is 6. The third kappa shape index (κ3) is 3.39. The van der Waals surface area contributed by atoms with Gasteiger partial charge in [0.25, 0.3) is 5.91 Å². The molecule has 0 saturated carbocycles. The summed E-state index contributed by atoms with van der Waals surface area (Å²) >= 11 is 0. The fourth-order valence-electron chi connectivity index (χ4n) is 2.93. The van der Waals surface area contributed by atoms with Gasteiger partial charge in [0.05, 0.1) is 0 Å². The number of fused-ring (bicyclic) bond motifs is 1. The first-order valence-corrected chi connectivity index (χ1v) is 8.54. The lowest BCUT2D eigenvalue weighted by molar-refractivity contribution is 0.0723. The van der Waals surface area contributed by atoms with Gasteiger partial charge in [-0.2, -0.15) is 0 Å². The average molecular weight is 380 g/mol. The van der Waals surface area contributed by atoms with Crippen LogP contribution in [0.25, 0.3) is 0 Å². The molecule has 1 unspecified atom stereocenters. The number of carbonyl (C=O) groups excluding carboxylic acids is 1. The Morgan fingerprint density at radius 3 is 2.68 bits per heavy atom. The van der Waals surface area contributed by atoms with Crippen molar-refractivity contribution in [3.8, 4) is 11.5 Å². The maximum absolute atomic E-state index is 12.5. The number of aromatic amines is 1. The smallest absolute Gasteiger partial charge is 0.349 e. The van der Waals surface area contributed by atoms with Gasteiger partial charge in [0.1, 0.15) is 18.0 Å². The number of nitrogens with one attached hydrogen (secondary N) is 2. The fourth-order valence-corrected chi connectivity index (χ4v) is 2.93. The lowest BCUT2D eigenvalue weighted by atomic mass is 10.1. The molecule has 0 aliphatic carbocycles. The van der Waals surface area contributed by atoms with Crippen molar-refractivity contribution in [2.45, 2.75) is 13.0 Å². The minimum Gasteiger partial charge on any atom is -0.485 e. The third-order valence-electron chi connectivity index (χ3n) is 4.24. The Balaban J connectivity index is 1.60. The van der Waals surface area contributed by atoms with Crippen molar-refractivity contribution in [3.63, 3.8) is 0 Å². The molecule has 1 atom stereocenters. The van der Waals surface area contributed by atoms with Crippen molar-refractivity contribution < 1.29 is 18.7 Å². The first-order chi connectivity index (χ1) is 13.5. The number of hydrogen-bond donors (Lipinski definition) is 2. The summed E-state index contributed by atoms with van der Waals surface area (Å²) in [7, 11) is 0. The summed E-state index contributed by atoms with van der Waals surface area (Å²) < 4.78 is 16.8. The van der Waals surface area contributed by atoms with Gasteiger partial charge in [0.15, 0.2) is 28.8 Å². The van der Waals surface area contributed by atoms with E-state index in [9.17, 15) is 14.4 Å². The van der Waals surface area contributed by atoms with Crippen LogP contribution in [0.5, 0.6) is 11.5 Å². The van der Waals surface area contributed by atoms with E-state index in [1.807, 2.05) is 12.1 Å². The molecule has 3 heterocycles. The maximum atomic E-state index is 12.5. The van der Waals surface area contributed by atoms with Crippen molar-refractivity contribution in [3.05, 3.63) is 86.2 Å². The molecule has 1 aliphatic heterocycles. The van der Waals surface area contributed by atoms with Gasteiger partial charge in [-0.05, 0) is 30.7 Å². The Labute approximate surface area is 158 Å². The molecule has 0 saturated heterocycles. The van der Waals surface area contributed by atoms with Crippen molar-refractivity contribution in [2.24, 2.45) is 0 Å². The summed E-state index contributed by atoms with van der Waals surface area (Å²) in [5.41, 5.74) is -0.800. The van der Waals surface area contributed by atoms with Crippen molar-refractivity contribution in [2.75, 3.05) is 11.9 Å². The number of aromatic nitrogens is 1. The van der Waals surface area contributed by atoms with E-state index in [2.05, 4.69) is 10.3 Å². The number of para-hydroxylation sites is 2. The number of pyridine rings is 1. The van der Waals surface area contributed by atoms with Crippen LogP contribution >= 0.6 is 0 Å². The number of anilines is 1. The summed E-state index contributed by atoms with van der Waals surface area (Å²) in [6.07, 6.45) is 0.790. The molecule has 1 aliphatic rings. The van der Waals surface area contributed by atoms with Crippen molar-refractivity contribution >= 4 is 11.7 Å². The quantitative estimate of drug-likeness (QED) is 0.722. The molecule has 8 heteroatoms. The zero-order valence-electron chi connectivity index (χ0n) is 14.9. The average Bonchev–Trinajstić information content (AvgIpc) is 2.67. The van der Waals surface area contributed by atoms with Crippen LogP contribution in [0.4, 0.5) is 5.82 Å². The fraction of sp³-hybridized carbons (Fsp3) is 0.150. The van der Waals surface area contributed by atoms with E-state index in [-0.39, 0.29) is 29.2 Å². The van der Waals surface area contributed by atoms with E-state index >= 15 is 0 Å². The number of amides is 1. The molecular weight excluding hydrogens is 364 g/mol. The highest BCUT2D eigenvalue weighted by Gasteiger charge is 2.27. The number of benzene rings is 1. The van der Waals surface area contributed by atoms with E-state index < -0.39 is 17.6 Å². The molecule has 0 spiro atoms. The van der Waals surface area contributed by atoms with Crippen LogP contribution in [0, 0.1) is 6.92 Å².